The number of imidazole rings is 1. The highest BCUT2D eigenvalue weighted by atomic mass is 32.2. The van der Waals surface area contributed by atoms with Crippen molar-refractivity contribution in [1.29, 1.82) is 0 Å². The molecule has 2 fully saturated rings. The molecule has 166 valence electrons. The zero-order valence-corrected chi connectivity index (χ0v) is 17.6. The molecule has 10 nitrogen and oxygen atoms in total. The van der Waals surface area contributed by atoms with Crippen LogP contribution in [-0.4, -0.2) is 58.4 Å². The van der Waals surface area contributed by atoms with Gasteiger partial charge in [0, 0.05) is 25.6 Å². The molecule has 2 aliphatic rings. The van der Waals surface area contributed by atoms with Crippen LogP contribution in [0, 0.1) is 5.92 Å². The minimum absolute atomic E-state index is 0.0105. The van der Waals surface area contributed by atoms with Gasteiger partial charge in [-0.1, -0.05) is 0 Å². The number of carbonyl (C=O) groups is 2. The van der Waals surface area contributed by atoms with Gasteiger partial charge in [-0.25, -0.2) is 23.2 Å². The smallest absolute Gasteiger partial charge is 0.337 e. The summed E-state index contributed by atoms with van der Waals surface area (Å²) in [6.07, 6.45) is 7.40. The van der Waals surface area contributed by atoms with Gasteiger partial charge in [0.1, 0.15) is 11.9 Å². The van der Waals surface area contributed by atoms with E-state index in [9.17, 15) is 18.0 Å². The Hall–Kier alpha value is -2.79. The summed E-state index contributed by atoms with van der Waals surface area (Å²) in [4.78, 5) is 32.2. The molecule has 1 amide bonds. The largest absolute Gasteiger partial charge is 0.478 e. The zero-order valence-electron chi connectivity index (χ0n) is 16.8. The lowest BCUT2D eigenvalue weighted by Gasteiger charge is -2.26. The van der Waals surface area contributed by atoms with E-state index in [2.05, 4.69) is 15.3 Å². The van der Waals surface area contributed by atoms with Crippen LogP contribution in [-0.2, 0) is 19.4 Å². The van der Waals surface area contributed by atoms with E-state index < -0.39 is 21.8 Å². The highest BCUT2D eigenvalue weighted by Gasteiger charge is 2.39. The molecular weight excluding hydrogens is 424 g/mol. The quantitative estimate of drug-likeness (QED) is 0.624. The molecule has 4 rings (SSSR count). The summed E-state index contributed by atoms with van der Waals surface area (Å²) in [5, 5.41) is 11.3. The van der Waals surface area contributed by atoms with E-state index in [-0.39, 0.29) is 33.5 Å². The number of anilines is 1. The Balaban J connectivity index is 1.55. The maximum atomic E-state index is 13.1. The fourth-order valence-corrected chi connectivity index (χ4v) is 5.21. The second kappa shape index (κ2) is 8.75. The van der Waals surface area contributed by atoms with Crippen LogP contribution in [0.2, 0.25) is 0 Å². The van der Waals surface area contributed by atoms with E-state index in [1.807, 2.05) is 0 Å². The molecule has 2 N–H and O–H groups in total. The first-order valence-electron chi connectivity index (χ1n) is 10.2. The van der Waals surface area contributed by atoms with Crippen LogP contribution in [0.1, 0.15) is 48.5 Å². The van der Waals surface area contributed by atoms with E-state index in [1.54, 1.807) is 4.57 Å². The summed E-state index contributed by atoms with van der Waals surface area (Å²) >= 11 is 0. The summed E-state index contributed by atoms with van der Waals surface area (Å²) in [7, 11) is -3.46. The number of carboxylic acids is 1. The molecule has 31 heavy (non-hydrogen) atoms. The molecule has 1 atom stereocenters. The minimum Gasteiger partial charge on any atom is -0.478 e. The van der Waals surface area contributed by atoms with E-state index in [0.29, 0.717) is 32.5 Å². The predicted molar refractivity (Wildman–Crippen MR) is 109 cm³/mol. The van der Waals surface area contributed by atoms with Gasteiger partial charge >= 0.3 is 5.97 Å². The van der Waals surface area contributed by atoms with Crippen LogP contribution in [0.4, 0.5) is 5.82 Å². The molecule has 0 unspecified atom stereocenters. The van der Waals surface area contributed by atoms with Crippen molar-refractivity contribution in [1.82, 2.24) is 14.5 Å². The Morgan fingerprint density at radius 2 is 1.94 bits per heavy atom. The molecule has 0 spiro atoms. The van der Waals surface area contributed by atoms with Crippen molar-refractivity contribution < 1.29 is 27.9 Å². The molecule has 1 aliphatic heterocycles. The van der Waals surface area contributed by atoms with Gasteiger partial charge in [0.15, 0.2) is 14.9 Å². The van der Waals surface area contributed by atoms with Crippen molar-refractivity contribution in [3.05, 3.63) is 36.4 Å². The fourth-order valence-electron chi connectivity index (χ4n) is 3.65. The number of hydrogen-bond acceptors (Lipinski definition) is 7. The number of nitrogens with zero attached hydrogens (tertiary/aromatic N) is 3. The molecule has 2 aromatic rings. The third-order valence-electron chi connectivity index (χ3n) is 5.65. The van der Waals surface area contributed by atoms with E-state index in [0.717, 1.165) is 12.8 Å². The first kappa shape index (κ1) is 21.4. The zero-order chi connectivity index (χ0) is 22.0. The normalized spacial score (nSPS) is 18.5. The number of hydrogen-bond donors (Lipinski definition) is 2. The van der Waals surface area contributed by atoms with Crippen LogP contribution in [0.15, 0.2) is 35.9 Å². The molecule has 0 aromatic carbocycles. The van der Waals surface area contributed by atoms with Crippen LogP contribution >= 0.6 is 0 Å². The Morgan fingerprint density at radius 3 is 2.55 bits per heavy atom. The minimum atomic E-state index is -3.46. The lowest BCUT2D eigenvalue weighted by atomic mass is 9.92. The number of rotatable bonds is 8. The summed E-state index contributed by atoms with van der Waals surface area (Å²) in [5.74, 6) is -1.00. The number of ether oxygens (including phenoxy) is 1. The lowest BCUT2D eigenvalue weighted by Crippen LogP contribution is -2.29. The average Bonchev–Trinajstić information content (AvgIpc) is 3.51. The van der Waals surface area contributed by atoms with E-state index in [1.165, 1.54) is 30.9 Å². The van der Waals surface area contributed by atoms with Crippen molar-refractivity contribution in [2.75, 3.05) is 18.5 Å². The number of carbonyl (C=O) groups excluding carboxylic acids is 1. The van der Waals surface area contributed by atoms with Crippen LogP contribution in [0.3, 0.4) is 0 Å². The highest BCUT2D eigenvalue weighted by molar-refractivity contribution is 7.92. The van der Waals surface area contributed by atoms with Crippen LogP contribution in [0.25, 0.3) is 0 Å². The Labute approximate surface area is 179 Å². The summed E-state index contributed by atoms with van der Waals surface area (Å²) < 4.78 is 32.0. The summed E-state index contributed by atoms with van der Waals surface area (Å²) in [6, 6.07) is 2.10. The Kier molecular flexibility index (Phi) is 6.05. The van der Waals surface area contributed by atoms with Crippen molar-refractivity contribution in [3.8, 4) is 0 Å². The molecule has 1 saturated carbocycles. The molecule has 11 heteroatoms. The topological polar surface area (TPSA) is 140 Å². The predicted octanol–water partition coefficient (Wildman–Crippen LogP) is 1.91. The number of aromatic carboxylic acids is 1. The summed E-state index contributed by atoms with van der Waals surface area (Å²) in [6.45, 7) is 1.25. The number of carboxylic acid groups (broad SMARTS) is 1. The molecule has 1 saturated heterocycles. The fraction of sp³-hybridized carbons (Fsp3) is 0.500. The third-order valence-corrected chi connectivity index (χ3v) is 7.80. The van der Waals surface area contributed by atoms with Crippen LogP contribution < -0.4 is 5.32 Å². The van der Waals surface area contributed by atoms with E-state index in [4.69, 9.17) is 9.84 Å². The number of amides is 1. The molecule has 0 radical (unpaired) electrons. The molecule has 2 aromatic heterocycles. The maximum absolute atomic E-state index is 13.1. The third kappa shape index (κ3) is 4.93. The van der Waals surface area contributed by atoms with Crippen LogP contribution in [0.5, 0.6) is 0 Å². The first-order valence-corrected chi connectivity index (χ1v) is 11.7. The van der Waals surface area contributed by atoms with Gasteiger partial charge in [-0.3, -0.25) is 4.79 Å². The van der Waals surface area contributed by atoms with Gasteiger partial charge in [-0.15, -0.1) is 0 Å². The monoisotopic (exact) mass is 448 g/mol. The van der Waals surface area contributed by atoms with Gasteiger partial charge in [0.25, 0.3) is 0 Å². The van der Waals surface area contributed by atoms with Crippen molar-refractivity contribution in [2.45, 2.75) is 48.4 Å². The van der Waals surface area contributed by atoms with Crippen molar-refractivity contribution >= 4 is 27.5 Å². The molecule has 1 aliphatic carbocycles. The average molecular weight is 449 g/mol. The Morgan fingerprint density at radius 1 is 1.19 bits per heavy atom. The summed E-state index contributed by atoms with van der Waals surface area (Å²) in [5.41, 5.74) is 0.0151. The van der Waals surface area contributed by atoms with Gasteiger partial charge in [0.05, 0.1) is 17.1 Å². The van der Waals surface area contributed by atoms with Gasteiger partial charge in [-0.2, -0.15) is 0 Å². The van der Waals surface area contributed by atoms with Gasteiger partial charge < -0.3 is 19.7 Å². The van der Waals surface area contributed by atoms with Gasteiger partial charge in [-0.05, 0) is 50.2 Å². The highest BCUT2D eigenvalue weighted by Crippen LogP contribution is 2.34. The number of nitrogens with one attached hydrogen (secondary N) is 1. The first-order chi connectivity index (χ1) is 14.8. The second-order valence-electron chi connectivity index (χ2n) is 7.94. The SMILES string of the molecule is O=C(O)c1ccc(NC(=O)[C@H](CC2CCOCC2)n2cnc(S(=O)(=O)C3CC3)c2)nc1. The standard InChI is InChI=1S/C20H24N4O6S/c25-19(23-17-4-1-14(10-21-17)20(26)27)16(9-13-5-7-30-8-6-13)24-11-18(22-12-24)31(28,29)15-2-3-15/h1,4,10-13,15-16H,2-3,5-9H2,(H,26,27)(H,21,23,25)/t16-/m0/s1. The number of sulfone groups is 1. The number of pyridine rings is 1. The van der Waals surface area contributed by atoms with E-state index >= 15 is 0 Å². The number of aromatic nitrogens is 3. The maximum Gasteiger partial charge on any atom is 0.337 e. The second-order valence-corrected chi connectivity index (χ2v) is 10.1. The molecular formula is C20H24N4O6S. The molecule has 3 heterocycles. The Bertz CT molecular complexity index is 1060. The lowest BCUT2D eigenvalue weighted by molar-refractivity contribution is -0.120. The van der Waals surface area contributed by atoms with Gasteiger partial charge in [0.2, 0.25) is 5.91 Å². The molecule has 0 bridgehead atoms. The van der Waals surface area contributed by atoms with Crippen molar-refractivity contribution in [3.63, 3.8) is 0 Å². The van der Waals surface area contributed by atoms with Crippen molar-refractivity contribution in [2.24, 2.45) is 5.92 Å².